The number of ether oxygens (including phenoxy) is 2. The Balaban J connectivity index is 1.37. The summed E-state index contributed by atoms with van der Waals surface area (Å²) < 4.78 is 10.9. The predicted octanol–water partition coefficient (Wildman–Crippen LogP) is 5.08. The molecule has 0 bridgehead atoms. The highest BCUT2D eigenvalue weighted by molar-refractivity contribution is 6.32. The van der Waals surface area contributed by atoms with Crippen molar-refractivity contribution in [2.75, 3.05) is 46.2 Å². The van der Waals surface area contributed by atoms with Gasteiger partial charge in [0, 0.05) is 42.5 Å². The van der Waals surface area contributed by atoms with Gasteiger partial charge in [0.25, 0.3) is 0 Å². The predicted molar refractivity (Wildman–Crippen MR) is 143 cm³/mol. The van der Waals surface area contributed by atoms with Crippen molar-refractivity contribution in [2.24, 2.45) is 0 Å². The Morgan fingerprint density at radius 3 is 2.69 bits per heavy atom. The molecule has 3 aromatic rings. The summed E-state index contributed by atoms with van der Waals surface area (Å²) in [5.41, 5.74) is 4.64. The standard InChI is InChI=1S/C27H32ClN5O3/c1-32-11-5-4-6-23(32)27(34)33-12-8-17(9-13-33)21-14-18-20(7-10-29-26(18)31-21)30-22-16-24(35-2)19(28)15-25(22)36-3/h7-8,10,14-16,23H,4-6,9,11-13H2,1-3H3,(H2,29,30,31). The number of pyridine rings is 1. The van der Waals surface area contributed by atoms with Crippen LogP contribution in [0.3, 0.4) is 0 Å². The van der Waals surface area contributed by atoms with Gasteiger partial charge in [-0.25, -0.2) is 4.98 Å². The maximum absolute atomic E-state index is 13.1. The van der Waals surface area contributed by atoms with Gasteiger partial charge in [-0.15, -0.1) is 0 Å². The Hall–Kier alpha value is -3.23. The van der Waals surface area contributed by atoms with Crippen LogP contribution in [-0.2, 0) is 4.79 Å². The van der Waals surface area contributed by atoms with E-state index in [-0.39, 0.29) is 11.9 Å². The molecular formula is C27H32ClN5O3. The first-order valence-electron chi connectivity index (χ1n) is 12.3. The van der Waals surface area contributed by atoms with Crippen LogP contribution in [0.2, 0.25) is 5.02 Å². The van der Waals surface area contributed by atoms with E-state index in [1.54, 1.807) is 26.5 Å². The van der Waals surface area contributed by atoms with Crippen molar-refractivity contribution in [3.05, 3.63) is 47.3 Å². The summed E-state index contributed by atoms with van der Waals surface area (Å²) in [6.07, 6.45) is 7.99. The van der Waals surface area contributed by atoms with Crippen molar-refractivity contribution >= 4 is 45.5 Å². The third kappa shape index (κ3) is 4.75. The zero-order chi connectivity index (χ0) is 25.2. The Bertz CT molecular complexity index is 1300. The molecule has 1 unspecified atom stereocenters. The van der Waals surface area contributed by atoms with Gasteiger partial charge in [-0.05, 0) is 50.6 Å². The highest BCUT2D eigenvalue weighted by Crippen LogP contribution is 2.39. The molecular weight excluding hydrogens is 478 g/mol. The van der Waals surface area contributed by atoms with E-state index in [1.807, 2.05) is 17.0 Å². The lowest BCUT2D eigenvalue weighted by atomic mass is 9.99. The van der Waals surface area contributed by atoms with Crippen LogP contribution >= 0.6 is 11.6 Å². The Morgan fingerprint density at radius 2 is 1.97 bits per heavy atom. The lowest BCUT2D eigenvalue weighted by molar-refractivity contribution is -0.137. The van der Waals surface area contributed by atoms with Crippen molar-refractivity contribution in [2.45, 2.75) is 31.7 Å². The molecule has 0 saturated carbocycles. The summed E-state index contributed by atoms with van der Waals surface area (Å²) in [5.74, 6) is 1.43. The summed E-state index contributed by atoms with van der Waals surface area (Å²) in [6, 6.07) is 7.61. The summed E-state index contributed by atoms with van der Waals surface area (Å²) >= 11 is 6.27. The molecule has 2 N–H and O–H groups in total. The fourth-order valence-corrected chi connectivity index (χ4v) is 5.35. The number of likely N-dealkylation sites (N-methyl/N-ethyl adjacent to an activating group) is 1. The van der Waals surface area contributed by atoms with Crippen LogP contribution < -0.4 is 14.8 Å². The van der Waals surface area contributed by atoms with Crippen molar-refractivity contribution in [1.29, 1.82) is 0 Å². The number of rotatable bonds is 6. The summed E-state index contributed by atoms with van der Waals surface area (Å²) in [5, 5.41) is 4.89. The van der Waals surface area contributed by atoms with Gasteiger partial charge in [-0.3, -0.25) is 9.69 Å². The first-order chi connectivity index (χ1) is 17.5. The SMILES string of the molecule is COc1cc(Nc2ccnc3[nH]c(C4=CCN(C(=O)C5CCCCN5C)CC4)cc23)c(OC)cc1Cl. The Morgan fingerprint density at radius 1 is 1.14 bits per heavy atom. The van der Waals surface area contributed by atoms with E-state index >= 15 is 0 Å². The minimum absolute atomic E-state index is 0.0168. The van der Waals surface area contributed by atoms with Crippen molar-refractivity contribution in [3.8, 4) is 11.5 Å². The minimum atomic E-state index is 0.0168. The molecule has 1 atom stereocenters. The number of fused-ring (bicyclic) bond motifs is 1. The van der Waals surface area contributed by atoms with Crippen LogP contribution in [0.15, 0.2) is 36.5 Å². The zero-order valence-corrected chi connectivity index (χ0v) is 21.7. The minimum Gasteiger partial charge on any atom is -0.495 e. The van der Waals surface area contributed by atoms with Crippen molar-refractivity contribution in [3.63, 3.8) is 0 Å². The van der Waals surface area contributed by atoms with Gasteiger partial charge in [0.15, 0.2) is 0 Å². The zero-order valence-electron chi connectivity index (χ0n) is 20.9. The molecule has 36 heavy (non-hydrogen) atoms. The van der Waals surface area contributed by atoms with Gasteiger partial charge in [0.05, 0.1) is 36.7 Å². The fourth-order valence-electron chi connectivity index (χ4n) is 5.12. The lowest BCUT2D eigenvalue weighted by Gasteiger charge is -2.36. The van der Waals surface area contributed by atoms with Crippen LogP contribution in [0.1, 0.15) is 31.4 Å². The smallest absolute Gasteiger partial charge is 0.240 e. The molecule has 0 spiro atoms. The fraction of sp³-hybridized carbons (Fsp3) is 0.407. The van der Waals surface area contributed by atoms with Crippen LogP contribution in [-0.4, -0.2) is 72.6 Å². The third-order valence-corrected chi connectivity index (χ3v) is 7.49. The number of hydrogen-bond donors (Lipinski definition) is 2. The van der Waals surface area contributed by atoms with Crippen LogP contribution in [0.4, 0.5) is 11.4 Å². The Labute approximate surface area is 216 Å². The molecule has 2 aliphatic rings. The number of methoxy groups -OCH3 is 2. The molecule has 2 aromatic heterocycles. The summed E-state index contributed by atoms with van der Waals surface area (Å²) in [4.78, 5) is 25.3. The number of H-pyrrole nitrogens is 1. The normalized spacial score (nSPS) is 18.7. The number of aromatic amines is 1. The molecule has 1 saturated heterocycles. The second-order valence-corrected chi connectivity index (χ2v) is 9.78. The van der Waals surface area contributed by atoms with E-state index in [1.165, 1.54) is 12.0 Å². The van der Waals surface area contributed by atoms with Gasteiger partial charge >= 0.3 is 0 Å². The maximum atomic E-state index is 13.1. The number of benzene rings is 1. The monoisotopic (exact) mass is 509 g/mol. The summed E-state index contributed by atoms with van der Waals surface area (Å²) in [7, 11) is 5.25. The number of amides is 1. The van der Waals surface area contributed by atoms with Crippen LogP contribution in [0, 0.1) is 0 Å². The third-order valence-electron chi connectivity index (χ3n) is 7.20. The van der Waals surface area contributed by atoms with Gasteiger partial charge in [0.1, 0.15) is 17.1 Å². The molecule has 9 heteroatoms. The first kappa shape index (κ1) is 24.5. The number of nitrogens with zero attached hydrogens (tertiary/aromatic N) is 3. The lowest BCUT2D eigenvalue weighted by Crippen LogP contribution is -2.50. The van der Waals surface area contributed by atoms with Gasteiger partial charge in [-0.1, -0.05) is 24.1 Å². The first-order valence-corrected chi connectivity index (χ1v) is 12.7. The molecule has 190 valence electrons. The quantitative estimate of drug-likeness (QED) is 0.482. The molecule has 4 heterocycles. The molecule has 2 aliphatic heterocycles. The molecule has 8 nitrogen and oxygen atoms in total. The average Bonchev–Trinajstić information content (AvgIpc) is 3.35. The Kier molecular flexibility index (Phi) is 7.07. The maximum Gasteiger partial charge on any atom is 0.240 e. The number of anilines is 2. The van der Waals surface area contributed by atoms with Gasteiger partial charge in [-0.2, -0.15) is 0 Å². The number of halogens is 1. The molecule has 1 fully saturated rings. The molecule has 0 radical (unpaired) electrons. The van der Waals surface area contributed by atoms with Crippen LogP contribution in [0.5, 0.6) is 11.5 Å². The number of nitrogens with one attached hydrogen (secondary N) is 2. The molecule has 1 amide bonds. The topological polar surface area (TPSA) is 82.7 Å². The molecule has 0 aliphatic carbocycles. The number of carbonyl (C=O) groups is 1. The number of carbonyl (C=O) groups excluding carboxylic acids is 1. The highest BCUT2D eigenvalue weighted by atomic mass is 35.5. The highest BCUT2D eigenvalue weighted by Gasteiger charge is 2.30. The van der Waals surface area contributed by atoms with Gasteiger partial charge < -0.3 is 24.7 Å². The van der Waals surface area contributed by atoms with E-state index in [4.69, 9.17) is 21.1 Å². The second kappa shape index (κ2) is 10.4. The second-order valence-electron chi connectivity index (χ2n) is 9.37. The number of piperidine rings is 1. The summed E-state index contributed by atoms with van der Waals surface area (Å²) in [6.45, 7) is 2.36. The number of hydrogen-bond acceptors (Lipinski definition) is 6. The van der Waals surface area contributed by atoms with E-state index in [0.29, 0.717) is 23.1 Å². The van der Waals surface area contributed by atoms with Crippen LogP contribution in [0.25, 0.3) is 16.6 Å². The van der Waals surface area contributed by atoms with Gasteiger partial charge in [0.2, 0.25) is 5.91 Å². The van der Waals surface area contributed by atoms with Crippen molar-refractivity contribution < 1.29 is 14.3 Å². The van der Waals surface area contributed by atoms with E-state index in [2.05, 4.69) is 39.4 Å². The largest absolute Gasteiger partial charge is 0.495 e. The molecule has 5 rings (SSSR count). The molecule has 1 aromatic carbocycles. The number of aromatic nitrogens is 2. The average molecular weight is 510 g/mol. The van der Waals surface area contributed by atoms with E-state index in [0.717, 1.165) is 60.5 Å². The van der Waals surface area contributed by atoms with E-state index < -0.39 is 0 Å². The van der Waals surface area contributed by atoms with E-state index in [9.17, 15) is 4.79 Å². The van der Waals surface area contributed by atoms with Crippen molar-refractivity contribution in [1.82, 2.24) is 19.8 Å². The number of likely N-dealkylation sites (tertiary alicyclic amines) is 1.